The van der Waals surface area contributed by atoms with Crippen molar-refractivity contribution < 1.29 is 24.2 Å². The van der Waals surface area contributed by atoms with Gasteiger partial charge in [-0.3, -0.25) is 9.69 Å². The van der Waals surface area contributed by atoms with Crippen molar-refractivity contribution in [1.29, 1.82) is 0 Å². The maximum absolute atomic E-state index is 12.5. The Bertz CT molecular complexity index is 1630. The maximum Gasteiger partial charge on any atom is 0.407 e. The number of piperidine rings is 1. The normalized spacial score (nSPS) is 18.2. The highest BCUT2D eigenvalue weighted by Gasteiger charge is 2.50. The Morgan fingerprint density at radius 1 is 0.980 bits per heavy atom. The van der Waals surface area contributed by atoms with E-state index in [-0.39, 0.29) is 12.0 Å². The summed E-state index contributed by atoms with van der Waals surface area (Å²) in [5.41, 5.74) is 0.866. The standard InChI is InChI=1S/C36H44Cl2N6O5/c1-35(2,3)49-34(46)40-21-24-6-10-42(11-7-24)23-25-16-30(26-18-27(37)20-28(38)19-26)41-32(17-25)48-29-4-5-31(39-22-29)43-12-14-44(15-13-43)33(45)36(47)8-9-36/h4-5,16-20,22,24,47H,6-15,21,23H2,1-3H3,(H,40,46). The Morgan fingerprint density at radius 2 is 1.67 bits per heavy atom. The quantitative estimate of drug-likeness (QED) is 0.269. The van der Waals surface area contributed by atoms with E-state index in [4.69, 9.17) is 37.7 Å². The second-order valence-electron chi connectivity index (χ2n) is 14.2. The number of halogens is 2. The van der Waals surface area contributed by atoms with E-state index in [9.17, 15) is 14.7 Å². The number of likely N-dealkylation sites (tertiary alicyclic amines) is 1. The third kappa shape index (κ3) is 9.54. The van der Waals surface area contributed by atoms with E-state index in [1.807, 2.05) is 57.2 Å². The minimum Gasteiger partial charge on any atom is -0.444 e. The van der Waals surface area contributed by atoms with Crippen LogP contribution in [0, 0.1) is 5.92 Å². The largest absolute Gasteiger partial charge is 0.444 e. The zero-order valence-corrected chi connectivity index (χ0v) is 29.8. The lowest BCUT2D eigenvalue weighted by molar-refractivity contribution is -0.142. The van der Waals surface area contributed by atoms with Crippen LogP contribution in [0.4, 0.5) is 10.6 Å². The number of hydrogen-bond donors (Lipinski definition) is 2. The number of amides is 2. The molecule has 1 aliphatic carbocycles. The van der Waals surface area contributed by atoms with Crippen molar-refractivity contribution in [2.75, 3.05) is 50.7 Å². The van der Waals surface area contributed by atoms with Crippen LogP contribution < -0.4 is 15.0 Å². The van der Waals surface area contributed by atoms with Gasteiger partial charge < -0.3 is 29.7 Å². The number of rotatable bonds is 9. The summed E-state index contributed by atoms with van der Waals surface area (Å²) < 4.78 is 11.6. The van der Waals surface area contributed by atoms with E-state index in [0.29, 0.717) is 85.4 Å². The highest BCUT2D eigenvalue weighted by Crippen LogP contribution is 2.37. The van der Waals surface area contributed by atoms with Gasteiger partial charge in [0.2, 0.25) is 5.88 Å². The Kier molecular flexibility index (Phi) is 10.5. The molecule has 2 aromatic heterocycles. The number of anilines is 1. The number of aliphatic hydroxyl groups is 1. The number of carbonyl (C=O) groups is 2. The van der Waals surface area contributed by atoms with Crippen molar-refractivity contribution in [2.45, 2.75) is 64.2 Å². The number of piperazine rings is 1. The van der Waals surface area contributed by atoms with Crippen LogP contribution in [-0.2, 0) is 16.1 Å². The van der Waals surface area contributed by atoms with Gasteiger partial charge >= 0.3 is 6.09 Å². The number of alkyl carbamates (subject to hydrolysis) is 1. The number of nitrogens with zero attached hydrogens (tertiary/aromatic N) is 5. The van der Waals surface area contributed by atoms with Crippen molar-refractivity contribution in [1.82, 2.24) is 25.1 Å². The van der Waals surface area contributed by atoms with E-state index in [2.05, 4.69) is 20.1 Å². The molecule has 2 saturated heterocycles. The SMILES string of the molecule is CC(C)(C)OC(=O)NCC1CCN(Cc2cc(Oc3ccc(N4CCN(C(=O)C5(O)CC5)CC4)nc3)nc(-c3cc(Cl)cc(Cl)c3)c2)CC1. The minimum atomic E-state index is -1.14. The smallest absolute Gasteiger partial charge is 0.407 e. The fourth-order valence-corrected chi connectivity index (χ4v) is 6.73. The molecule has 1 aromatic carbocycles. The molecule has 3 aliphatic rings. The summed E-state index contributed by atoms with van der Waals surface area (Å²) in [6, 6.07) is 13.1. The first kappa shape index (κ1) is 35.2. The molecule has 2 amide bonds. The van der Waals surface area contributed by atoms with E-state index < -0.39 is 11.2 Å². The van der Waals surface area contributed by atoms with E-state index >= 15 is 0 Å². The van der Waals surface area contributed by atoms with Gasteiger partial charge in [-0.2, -0.15) is 0 Å². The van der Waals surface area contributed by atoms with Crippen LogP contribution in [0.1, 0.15) is 52.0 Å². The lowest BCUT2D eigenvalue weighted by atomic mass is 9.96. The molecule has 1 saturated carbocycles. The molecule has 4 heterocycles. The molecule has 0 unspecified atom stereocenters. The Hall–Kier alpha value is -3.64. The minimum absolute atomic E-state index is 0.157. The van der Waals surface area contributed by atoms with Gasteiger partial charge in [-0.25, -0.2) is 14.8 Å². The molecular weight excluding hydrogens is 667 g/mol. The van der Waals surface area contributed by atoms with Crippen LogP contribution in [-0.4, -0.2) is 93.9 Å². The Balaban J connectivity index is 1.10. The number of carbonyl (C=O) groups excluding carboxylic acids is 2. The van der Waals surface area contributed by atoms with E-state index in [1.165, 1.54) is 0 Å². The summed E-state index contributed by atoms with van der Waals surface area (Å²) in [5, 5.41) is 14.2. The van der Waals surface area contributed by atoms with Crippen LogP contribution in [0.2, 0.25) is 10.0 Å². The molecule has 0 atom stereocenters. The van der Waals surface area contributed by atoms with E-state index in [0.717, 1.165) is 42.9 Å². The highest BCUT2D eigenvalue weighted by atomic mass is 35.5. The van der Waals surface area contributed by atoms with Gasteiger partial charge in [0.25, 0.3) is 5.91 Å². The fraction of sp³-hybridized carbons (Fsp3) is 0.500. The van der Waals surface area contributed by atoms with Crippen LogP contribution >= 0.6 is 23.2 Å². The summed E-state index contributed by atoms with van der Waals surface area (Å²) in [6.07, 6.45) is 4.34. The first-order valence-corrected chi connectivity index (χ1v) is 17.6. The summed E-state index contributed by atoms with van der Waals surface area (Å²) in [5.74, 6) is 2.01. The van der Waals surface area contributed by atoms with Gasteiger partial charge in [0.1, 0.15) is 22.8 Å². The lowest BCUT2D eigenvalue weighted by Gasteiger charge is -2.36. The zero-order valence-electron chi connectivity index (χ0n) is 28.3. The molecule has 0 radical (unpaired) electrons. The zero-order chi connectivity index (χ0) is 34.8. The van der Waals surface area contributed by atoms with Gasteiger partial charge in [0.15, 0.2) is 0 Å². The van der Waals surface area contributed by atoms with Crippen molar-refractivity contribution in [2.24, 2.45) is 5.92 Å². The Labute approximate surface area is 297 Å². The number of nitrogens with one attached hydrogen (secondary N) is 1. The predicted molar refractivity (Wildman–Crippen MR) is 189 cm³/mol. The lowest BCUT2D eigenvalue weighted by Crippen LogP contribution is -2.52. The average Bonchev–Trinajstić information content (AvgIpc) is 3.81. The molecule has 3 fully saturated rings. The Morgan fingerprint density at radius 3 is 2.29 bits per heavy atom. The number of aromatic nitrogens is 2. The van der Waals surface area contributed by atoms with Crippen LogP contribution in [0.3, 0.4) is 0 Å². The second kappa shape index (κ2) is 14.7. The van der Waals surface area contributed by atoms with Crippen molar-refractivity contribution in [3.63, 3.8) is 0 Å². The van der Waals surface area contributed by atoms with Gasteiger partial charge in [0.05, 0.1) is 11.9 Å². The van der Waals surface area contributed by atoms with Crippen molar-refractivity contribution in [3.05, 3.63) is 64.3 Å². The first-order valence-electron chi connectivity index (χ1n) is 16.9. The average molecular weight is 712 g/mol. The summed E-state index contributed by atoms with van der Waals surface area (Å²) in [7, 11) is 0. The van der Waals surface area contributed by atoms with Gasteiger partial charge in [-0.05, 0) is 107 Å². The van der Waals surface area contributed by atoms with Gasteiger partial charge in [0, 0.05) is 60.9 Å². The van der Waals surface area contributed by atoms with Crippen LogP contribution in [0.15, 0.2) is 48.7 Å². The van der Waals surface area contributed by atoms with Gasteiger partial charge in [-0.15, -0.1) is 0 Å². The molecule has 2 aliphatic heterocycles. The number of ether oxygens (including phenoxy) is 2. The molecule has 262 valence electrons. The molecule has 0 bridgehead atoms. The number of benzene rings is 1. The molecular formula is C36H44Cl2N6O5. The fourth-order valence-electron chi connectivity index (χ4n) is 6.21. The molecule has 6 rings (SSSR count). The number of hydrogen-bond acceptors (Lipinski definition) is 9. The summed E-state index contributed by atoms with van der Waals surface area (Å²) >= 11 is 12.7. The molecule has 49 heavy (non-hydrogen) atoms. The third-order valence-corrected chi connectivity index (χ3v) is 9.46. The third-order valence-electron chi connectivity index (χ3n) is 9.02. The first-order chi connectivity index (χ1) is 23.3. The van der Waals surface area contributed by atoms with Crippen molar-refractivity contribution in [3.8, 4) is 22.9 Å². The molecule has 3 aromatic rings. The van der Waals surface area contributed by atoms with E-state index in [1.54, 1.807) is 17.2 Å². The monoisotopic (exact) mass is 710 g/mol. The molecule has 0 spiro atoms. The van der Waals surface area contributed by atoms with Crippen molar-refractivity contribution >= 4 is 41.0 Å². The molecule has 13 heteroatoms. The predicted octanol–water partition coefficient (Wildman–Crippen LogP) is 6.15. The molecule has 2 N–H and O–H groups in total. The topological polar surface area (TPSA) is 120 Å². The summed E-state index contributed by atoms with van der Waals surface area (Å²) in [6.45, 7) is 11.1. The highest BCUT2D eigenvalue weighted by molar-refractivity contribution is 6.35. The maximum atomic E-state index is 12.5. The summed E-state index contributed by atoms with van der Waals surface area (Å²) in [4.78, 5) is 40.3. The van der Waals surface area contributed by atoms with Crippen LogP contribution in [0.5, 0.6) is 11.6 Å². The van der Waals surface area contributed by atoms with Gasteiger partial charge in [-0.1, -0.05) is 23.2 Å². The number of pyridine rings is 2. The molecule has 11 nitrogen and oxygen atoms in total. The second-order valence-corrected chi connectivity index (χ2v) is 15.1. The van der Waals surface area contributed by atoms with Crippen LogP contribution in [0.25, 0.3) is 11.3 Å².